The van der Waals surface area contributed by atoms with E-state index in [0.29, 0.717) is 34.4 Å². The molecule has 6 heteroatoms. The van der Waals surface area contributed by atoms with E-state index >= 15 is 0 Å². The number of oxime groups is 1. The van der Waals surface area contributed by atoms with Crippen LogP contribution in [0.15, 0.2) is 41.6 Å². The molecular formula is C22H23N3O3. The van der Waals surface area contributed by atoms with Gasteiger partial charge in [-0.05, 0) is 54.2 Å². The molecule has 3 rings (SSSR count). The molecule has 1 saturated heterocycles. The summed E-state index contributed by atoms with van der Waals surface area (Å²) in [6.45, 7) is -0.737. The number of aliphatic hydroxyl groups is 1. The van der Waals surface area contributed by atoms with E-state index in [9.17, 15) is 15.2 Å². The summed E-state index contributed by atoms with van der Waals surface area (Å²) in [5.74, 6) is -0.389. The van der Waals surface area contributed by atoms with E-state index in [1.807, 2.05) is 0 Å². The number of amides is 1. The van der Waals surface area contributed by atoms with Gasteiger partial charge in [-0.1, -0.05) is 23.4 Å². The fraction of sp³-hybridized carbons (Fsp3) is 0.318. The number of likely N-dealkylation sites (tertiary alicyclic amines) is 1. The third-order valence-electron chi connectivity index (χ3n) is 4.97. The van der Waals surface area contributed by atoms with Crippen molar-refractivity contribution in [1.82, 2.24) is 4.90 Å². The lowest BCUT2D eigenvalue weighted by Gasteiger charge is -2.23. The molecule has 1 heterocycles. The maximum absolute atomic E-state index is 13.2. The van der Waals surface area contributed by atoms with Crippen molar-refractivity contribution in [3.05, 3.63) is 58.7 Å². The van der Waals surface area contributed by atoms with Crippen LogP contribution in [0.3, 0.4) is 0 Å². The summed E-state index contributed by atoms with van der Waals surface area (Å²) >= 11 is 0. The van der Waals surface area contributed by atoms with E-state index in [1.165, 1.54) is 18.1 Å². The van der Waals surface area contributed by atoms with Crippen molar-refractivity contribution in [2.45, 2.75) is 26.2 Å². The normalized spacial score (nSPS) is 19.6. The molecule has 1 fully saturated rings. The van der Waals surface area contributed by atoms with E-state index in [2.05, 4.69) is 11.2 Å². The zero-order chi connectivity index (χ0) is 22.8. The van der Waals surface area contributed by atoms with E-state index in [0.717, 1.165) is 0 Å². The number of hydrogen-bond donors (Lipinski definition) is 1. The largest absolute Gasteiger partial charge is 0.399 e. The molecule has 2 aromatic carbocycles. The molecule has 1 atom stereocenters. The molecule has 2 aromatic rings. The molecule has 0 unspecified atom stereocenters. The Kier molecular flexibility index (Phi) is 4.66. The Morgan fingerprint density at radius 2 is 2.25 bits per heavy atom. The van der Waals surface area contributed by atoms with Crippen LogP contribution in [0.4, 0.5) is 0 Å². The Labute approximate surface area is 168 Å². The van der Waals surface area contributed by atoms with E-state index in [1.54, 1.807) is 37.3 Å². The maximum Gasteiger partial charge on any atom is 0.254 e. The molecule has 144 valence electrons. The summed E-state index contributed by atoms with van der Waals surface area (Å²) in [6, 6.07) is 11.4. The van der Waals surface area contributed by atoms with Gasteiger partial charge in [0.2, 0.25) is 0 Å². The second-order valence-electron chi connectivity index (χ2n) is 6.66. The summed E-state index contributed by atoms with van der Waals surface area (Å²) < 4.78 is 24.0. The van der Waals surface area contributed by atoms with Gasteiger partial charge in [0.05, 0.1) is 36.5 Å². The second kappa shape index (κ2) is 8.24. The van der Waals surface area contributed by atoms with Crippen LogP contribution in [0.1, 0.15) is 37.6 Å². The average Bonchev–Trinajstić information content (AvgIpc) is 3.15. The quantitative estimate of drug-likeness (QED) is 0.826. The highest BCUT2D eigenvalue weighted by Crippen LogP contribution is 2.30. The number of benzene rings is 2. The van der Waals surface area contributed by atoms with Gasteiger partial charge >= 0.3 is 0 Å². The lowest BCUT2D eigenvalue weighted by molar-refractivity contribution is 0.0680. The summed E-state index contributed by atoms with van der Waals surface area (Å²) in [6.07, 6.45) is 0.389. The predicted octanol–water partition coefficient (Wildman–Crippen LogP) is 3.05. The van der Waals surface area contributed by atoms with Crippen LogP contribution >= 0.6 is 0 Å². The first-order valence-electron chi connectivity index (χ1n) is 10.4. The zero-order valence-electron chi connectivity index (χ0n) is 18.8. The number of rotatable bonds is 4. The number of nitrogens with zero attached hydrogens (tertiary/aromatic N) is 3. The smallest absolute Gasteiger partial charge is 0.254 e. The molecule has 0 aliphatic carbocycles. The SMILES string of the molecule is [2H]C([2H])([2H])c1cc(C(=O)N2C/C(=N\OC)C[C@H]2CO)ccc1-c1cccc(C#N)c1C. The topological polar surface area (TPSA) is 85.9 Å². The van der Waals surface area contributed by atoms with Crippen LogP contribution in [0.2, 0.25) is 0 Å². The van der Waals surface area contributed by atoms with Gasteiger partial charge in [0.25, 0.3) is 5.91 Å². The minimum Gasteiger partial charge on any atom is -0.399 e. The third kappa shape index (κ3) is 3.62. The first-order valence-corrected chi connectivity index (χ1v) is 8.86. The minimum atomic E-state index is -2.47. The number of aliphatic hydroxyl groups excluding tert-OH is 1. The molecule has 0 bridgehead atoms. The zero-order valence-corrected chi connectivity index (χ0v) is 15.8. The molecule has 0 spiro atoms. The van der Waals surface area contributed by atoms with Gasteiger partial charge in [0.15, 0.2) is 0 Å². The van der Waals surface area contributed by atoms with Crippen LogP contribution in [0.5, 0.6) is 0 Å². The molecule has 1 aliphatic heterocycles. The van der Waals surface area contributed by atoms with E-state index in [-0.39, 0.29) is 30.2 Å². The summed E-state index contributed by atoms with van der Waals surface area (Å²) in [7, 11) is 1.41. The highest BCUT2D eigenvalue weighted by Gasteiger charge is 2.33. The van der Waals surface area contributed by atoms with Gasteiger partial charge in [0, 0.05) is 16.1 Å². The van der Waals surface area contributed by atoms with Crippen molar-refractivity contribution >= 4 is 11.6 Å². The second-order valence-corrected chi connectivity index (χ2v) is 6.66. The van der Waals surface area contributed by atoms with Crippen LogP contribution in [-0.2, 0) is 4.84 Å². The Bertz CT molecular complexity index is 1070. The molecule has 1 amide bonds. The number of hydrogen-bond acceptors (Lipinski definition) is 5. The van der Waals surface area contributed by atoms with E-state index in [4.69, 9.17) is 8.95 Å². The van der Waals surface area contributed by atoms with Gasteiger partial charge in [0.1, 0.15) is 7.11 Å². The van der Waals surface area contributed by atoms with Crippen molar-refractivity contribution < 1.29 is 18.9 Å². The number of aryl methyl sites for hydroxylation is 1. The number of nitriles is 1. The molecular weight excluding hydrogens is 354 g/mol. The Balaban J connectivity index is 2.06. The summed E-state index contributed by atoms with van der Waals surface area (Å²) in [5, 5.41) is 22.9. The maximum atomic E-state index is 13.2. The van der Waals surface area contributed by atoms with Crippen molar-refractivity contribution in [2.75, 3.05) is 20.3 Å². The Morgan fingerprint density at radius 1 is 1.43 bits per heavy atom. The highest BCUT2D eigenvalue weighted by molar-refractivity contribution is 6.01. The first kappa shape index (κ1) is 15.8. The van der Waals surface area contributed by atoms with Gasteiger partial charge in [-0.3, -0.25) is 4.79 Å². The van der Waals surface area contributed by atoms with Gasteiger partial charge in [-0.2, -0.15) is 5.26 Å². The van der Waals surface area contributed by atoms with E-state index < -0.39 is 12.9 Å². The Morgan fingerprint density at radius 3 is 2.93 bits per heavy atom. The van der Waals surface area contributed by atoms with Crippen molar-refractivity contribution in [3.63, 3.8) is 0 Å². The first-order chi connectivity index (χ1) is 14.7. The lowest BCUT2D eigenvalue weighted by Crippen LogP contribution is -2.37. The minimum absolute atomic E-state index is 0.0297. The van der Waals surface area contributed by atoms with Crippen LogP contribution in [0.25, 0.3) is 11.1 Å². The standard InChI is InChI=1S/C22H23N3O3/c1-14-9-16(22(27)25-12-18(24-28-3)10-19(25)13-26)7-8-20(14)21-6-4-5-17(11-23)15(21)2/h4-9,19,26H,10,12-13H2,1-3H3/b24-18-/t19-/m0/s1/i1D3. The lowest BCUT2D eigenvalue weighted by atomic mass is 9.93. The molecule has 0 radical (unpaired) electrons. The molecule has 6 nitrogen and oxygen atoms in total. The molecule has 0 aromatic heterocycles. The predicted molar refractivity (Wildman–Crippen MR) is 107 cm³/mol. The van der Waals surface area contributed by atoms with Crippen molar-refractivity contribution in [3.8, 4) is 17.2 Å². The highest BCUT2D eigenvalue weighted by atomic mass is 16.6. The Hall–Kier alpha value is -3.17. The summed E-state index contributed by atoms with van der Waals surface area (Å²) in [4.78, 5) is 19.4. The average molecular weight is 380 g/mol. The van der Waals surface area contributed by atoms with Crippen molar-refractivity contribution in [1.29, 1.82) is 5.26 Å². The monoisotopic (exact) mass is 380 g/mol. The fourth-order valence-corrected chi connectivity index (χ4v) is 3.49. The third-order valence-corrected chi connectivity index (χ3v) is 4.97. The van der Waals surface area contributed by atoms with Crippen LogP contribution in [-0.4, -0.2) is 47.9 Å². The molecule has 28 heavy (non-hydrogen) atoms. The molecule has 1 N–H and O–H groups in total. The van der Waals surface area contributed by atoms with Gasteiger partial charge in [-0.15, -0.1) is 0 Å². The molecule has 1 aliphatic rings. The van der Waals surface area contributed by atoms with Crippen LogP contribution < -0.4 is 0 Å². The fourth-order valence-electron chi connectivity index (χ4n) is 3.49. The number of carbonyl (C=O) groups is 1. The van der Waals surface area contributed by atoms with Crippen molar-refractivity contribution in [2.24, 2.45) is 5.16 Å². The molecule has 0 saturated carbocycles. The van der Waals surface area contributed by atoms with Gasteiger partial charge < -0.3 is 14.8 Å². The number of carbonyl (C=O) groups excluding carboxylic acids is 1. The summed E-state index contributed by atoms with van der Waals surface area (Å²) in [5.41, 5.74) is 3.09. The van der Waals surface area contributed by atoms with Gasteiger partial charge in [-0.25, -0.2) is 0 Å². The van der Waals surface area contributed by atoms with Crippen LogP contribution in [0, 0.1) is 25.1 Å².